The molecule has 0 amide bonds. The SMILES string of the molecule is N#Cc1ccc(-c2ccc(S(=O)(=O)N3CCC(N4CCC4)C3)cc2C(F)(F)F)cc1. The van der Waals surface area contributed by atoms with Crippen LogP contribution in [0.3, 0.4) is 0 Å². The molecule has 5 nitrogen and oxygen atoms in total. The molecule has 2 heterocycles. The number of sulfonamides is 1. The predicted octanol–water partition coefficient (Wildman–Crippen LogP) is 3.71. The summed E-state index contributed by atoms with van der Waals surface area (Å²) in [4.78, 5) is 1.86. The van der Waals surface area contributed by atoms with Gasteiger partial charge >= 0.3 is 6.18 Å². The number of nitriles is 1. The van der Waals surface area contributed by atoms with E-state index in [9.17, 15) is 21.6 Å². The first-order chi connectivity index (χ1) is 14.2. The van der Waals surface area contributed by atoms with Gasteiger partial charge in [0.2, 0.25) is 10.0 Å². The van der Waals surface area contributed by atoms with E-state index in [4.69, 9.17) is 5.26 Å². The highest BCUT2D eigenvalue weighted by atomic mass is 32.2. The Labute approximate surface area is 173 Å². The Morgan fingerprint density at radius 1 is 1.03 bits per heavy atom. The summed E-state index contributed by atoms with van der Waals surface area (Å²) < 4.78 is 68.7. The van der Waals surface area contributed by atoms with Crippen LogP contribution in [0.1, 0.15) is 24.0 Å². The van der Waals surface area contributed by atoms with E-state index in [-0.39, 0.29) is 22.1 Å². The Morgan fingerprint density at radius 3 is 2.30 bits per heavy atom. The normalized spacial score (nSPS) is 20.7. The van der Waals surface area contributed by atoms with Crippen molar-refractivity contribution in [2.24, 2.45) is 0 Å². The first kappa shape index (κ1) is 20.8. The van der Waals surface area contributed by atoms with Gasteiger partial charge in [0.1, 0.15) is 0 Å². The number of halogens is 3. The third kappa shape index (κ3) is 3.83. The van der Waals surface area contributed by atoms with Crippen molar-refractivity contribution in [2.75, 3.05) is 26.2 Å². The predicted molar refractivity (Wildman–Crippen MR) is 105 cm³/mol. The highest BCUT2D eigenvalue weighted by Crippen LogP contribution is 2.39. The van der Waals surface area contributed by atoms with Gasteiger partial charge in [-0.1, -0.05) is 18.2 Å². The number of rotatable bonds is 4. The van der Waals surface area contributed by atoms with E-state index in [1.54, 1.807) is 0 Å². The topological polar surface area (TPSA) is 64.4 Å². The van der Waals surface area contributed by atoms with Crippen LogP contribution >= 0.6 is 0 Å². The van der Waals surface area contributed by atoms with Gasteiger partial charge < -0.3 is 0 Å². The van der Waals surface area contributed by atoms with E-state index in [0.29, 0.717) is 25.1 Å². The minimum Gasteiger partial charge on any atom is -0.299 e. The quantitative estimate of drug-likeness (QED) is 0.735. The molecule has 2 aromatic rings. The molecule has 2 fully saturated rings. The monoisotopic (exact) mass is 435 g/mol. The molecule has 0 aromatic heterocycles. The van der Waals surface area contributed by atoms with Gasteiger partial charge in [-0.15, -0.1) is 0 Å². The fourth-order valence-electron chi connectivity index (χ4n) is 3.98. The zero-order valence-electron chi connectivity index (χ0n) is 16.1. The third-order valence-electron chi connectivity index (χ3n) is 5.79. The van der Waals surface area contributed by atoms with Gasteiger partial charge in [0.05, 0.1) is 22.1 Å². The number of alkyl halides is 3. The molecule has 0 radical (unpaired) electrons. The summed E-state index contributed by atoms with van der Waals surface area (Å²) in [7, 11) is -4.02. The molecule has 4 rings (SSSR count). The molecule has 9 heteroatoms. The highest BCUT2D eigenvalue weighted by molar-refractivity contribution is 7.89. The maximum atomic E-state index is 13.8. The summed E-state index contributed by atoms with van der Waals surface area (Å²) in [6.07, 6.45) is -2.94. The molecule has 0 bridgehead atoms. The van der Waals surface area contributed by atoms with E-state index >= 15 is 0 Å². The number of nitrogens with zero attached hydrogens (tertiary/aromatic N) is 3. The molecule has 0 aliphatic carbocycles. The average Bonchev–Trinajstić information content (AvgIpc) is 3.16. The second-order valence-electron chi connectivity index (χ2n) is 7.59. The molecule has 0 N–H and O–H groups in total. The van der Waals surface area contributed by atoms with Crippen molar-refractivity contribution in [1.82, 2.24) is 9.21 Å². The number of hydrogen-bond acceptors (Lipinski definition) is 4. The van der Waals surface area contributed by atoms with Crippen molar-refractivity contribution in [1.29, 1.82) is 5.26 Å². The maximum Gasteiger partial charge on any atom is 0.417 e. The summed E-state index contributed by atoms with van der Waals surface area (Å²) in [6, 6.07) is 10.9. The molecule has 0 saturated carbocycles. The van der Waals surface area contributed by atoms with Crippen LogP contribution in [0, 0.1) is 11.3 Å². The maximum absolute atomic E-state index is 13.8. The van der Waals surface area contributed by atoms with E-state index in [1.807, 2.05) is 6.07 Å². The Morgan fingerprint density at radius 2 is 1.73 bits per heavy atom. The summed E-state index contributed by atoms with van der Waals surface area (Å²) in [6.45, 7) is 2.50. The molecule has 2 aliphatic heterocycles. The largest absolute Gasteiger partial charge is 0.417 e. The lowest BCUT2D eigenvalue weighted by Gasteiger charge is -2.36. The first-order valence-corrected chi connectivity index (χ1v) is 11.1. The van der Waals surface area contributed by atoms with Gasteiger partial charge in [-0.2, -0.15) is 22.7 Å². The van der Waals surface area contributed by atoms with Crippen LogP contribution < -0.4 is 0 Å². The fourth-order valence-corrected chi connectivity index (χ4v) is 5.50. The Bertz CT molecular complexity index is 1090. The third-order valence-corrected chi connectivity index (χ3v) is 7.65. The lowest BCUT2D eigenvalue weighted by atomic mass is 9.98. The van der Waals surface area contributed by atoms with Crippen molar-refractivity contribution < 1.29 is 21.6 Å². The minimum atomic E-state index is -4.72. The van der Waals surface area contributed by atoms with Gasteiger partial charge in [-0.25, -0.2) is 8.42 Å². The molecular weight excluding hydrogens is 415 g/mol. The minimum absolute atomic E-state index is 0.120. The van der Waals surface area contributed by atoms with Gasteiger partial charge in [0, 0.05) is 19.1 Å². The average molecular weight is 435 g/mol. The van der Waals surface area contributed by atoms with Crippen LogP contribution in [0.2, 0.25) is 0 Å². The van der Waals surface area contributed by atoms with Gasteiger partial charge in [0.15, 0.2) is 0 Å². The number of hydrogen-bond donors (Lipinski definition) is 0. The standard InChI is InChI=1S/C21H20F3N3O2S/c22-21(23,24)20-12-18(6-7-19(20)16-4-2-15(13-25)3-5-16)30(28,29)27-11-8-17(14-27)26-9-1-10-26/h2-7,12,17H,1,8-11,14H2. The molecule has 2 aliphatic rings. The summed E-state index contributed by atoms with van der Waals surface area (Å²) in [5.41, 5.74) is -0.529. The zero-order chi connectivity index (χ0) is 21.5. The lowest BCUT2D eigenvalue weighted by Crippen LogP contribution is -2.46. The van der Waals surface area contributed by atoms with Crippen LogP contribution in [0.15, 0.2) is 47.4 Å². The first-order valence-electron chi connectivity index (χ1n) is 9.66. The highest BCUT2D eigenvalue weighted by Gasteiger charge is 2.39. The molecule has 2 aromatic carbocycles. The van der Waals surface area contributed by atoms with Gasteiger partial charge in [-0.3, -0.25) is 4.90 Å². The Balaban J connectivity index is 1.68. The molecule has 1 atom stereocenters. The van der Waals surface area contributed by atoms with E-state index in [0.717, 1.165) is 25.6 Å². The lowest BCUT2D eigenvalue weighted by molar-refractivity contribution is -0.137. The molecule has 30 heavy (non-hydrogen) atoms. The van der Waals surface area contributed by atoms with E-state index in [1.165, 1.54) is 40.7 Å². The van der Waals surface area contributed by atoms with Crippen LogP contribution in [0.5, 0.6) is 0 Å². The van der Waals surface area contributed by atoms with Gasteiger partial charge in [0.25, 0.3) is 0 Å². The van der Waals surface area contributed by atoms with E-state index in [2.05, 4.69) is 4.90 Å². The Hall–Kier alpha value is -2.41. The smallest absolute Gasteiger partial charge is 0.299 e. The van der Waals surface area contributed by atoms with E-state index < -0.39 is 21.8 Å². The number of likely N-dealkylation sites (tertiary alicyclic amines) is 1. The summed E-state index contributed by atoms with van der Waals surface area (Å²) >= 11 is 0. The fraction of sp³-hybridized carbons (Fsp3) is 0.381. The number of benzene rings is 2. The molecule has 0 spiro atoms. The van der Waals surface area contributed by atoms with Crippen LogP contribution in [0.4, 0.5) is 13.2 Å². The van der Waals surface area contributed by atoms with Gasteiger partial charge in [-0.05, 0) is 61.3 Å². The van der Waals surface area contributed by atoms with Crippen LogP contribution in [-0.4, -0.2) is 49.8 Å². The van der Waals surface area contributed by atoms with Crippen molar-refractivity contribution >= 4 is 10.0 Å². The molecular formula is C21H20F3N3O2S. The van der Waals surface area contributed by atoms with Crippen molar-refractivity contribution in [3.63, 3.8) is 0 Å². The van der Waals surface area contributed by atoms with Crippen LogP contribution in [-0.2, 0) is 16.2 Å². The Kier molecular flexibility index (Phi) is 5.34. The molecule has 158 valence electrons. The summed E-state index contributed by atoms with van der Waals surface area (Å²) in [5, 5.41) is 8.88. The zero-order valence-corrected chi connectivity index (χ0v) is 16.9. The summed E-state index contributed by atoms with van der Waals surface area (Å²) in [5.74, 6) is 0. The second kappa shape index (κ2) is 7.69. The second-order valence-corrected chi connectivity index (χ2v) is 9.53. The van der Waals surface area contributed by atoms with Crippen molar-refractivity contribution in [3.05, 3.63) is 53.6 Å². The van der Waals surface area contributed by atoms with Crippen molar-refractivity contribution in [3.8, 4) is 17.2 Å². The van der Waals surface area contributed by atoms with Crippen LogP contribution in [0.25, 0.3) is 11.1 Å². The molecule has 1 unspecified atom stereocenters. The molecule has 2 saturated heterocycles. The van der Waals surface area contributed by atoms with Crippen molar-refractivity contribution in [2.45, 2.75) is 30.0 Å².